The van der Waals surface area contributed by atoms with Crippen LogP contribution in [0.5, 0.6) is 0 Å². The Morgan fingerprint density at radius 1 is 1.13 bits per heavy atom. The number of nitro benzene ring substituents is 1. The number of benzene rings is 2. The lowest BCUT2D eigenvalue weighted by Gasteiger charge is -2.06. The molecule has 0 unspecified atom stereocenters. The third-order valence-corrected chi connectivity index (χ3v) is 3.68. The van der Waals surface area contributed by atoms with Gasteiger partial charge in [0.15, 0.2) is 5.78 Å². The normalized spacial score (nSPS) is 10.7. The van der Waals surface area contributed by atoms with Gasteiger partial charge >= 0.3 is 0 Å². The number of nitro groups is 1. The summed E-state index contributed by atoms with van der Waals surface area (Å²) < 4.78 is 0.865. The van der Waals surface area contributed by atoms with Gasteiger partial charge in [0.1, 0.15) is 0 Å². The molecule has 0 aliphatic carbocycles. The molecule has 0 amide bonds. The zero-order valence-electron chi connectivity index (χ0n) is 12.7. The Morgan fingerprint density at radius 3 is 2.30 bits per heavy atom. The SMILES string of the molecule is CN(C)/C=C/c1ccc(C(=O)c2ccc(Br)cc2)cc1[N+](=O)[O-]. The van der Waals surface area contributed by atoms with Crippen LogP contribution in [0.25, 0.3) is 6.08 Å². The van der Waals surface area contributed by atoms with Crippen molar-refractivity contribution in [1.29, 1.82) is 0 Å². The Balaban J connectivity index is 2.41. The summed E-state index contributed by atoms with van der Waals surface area (Å²) in [7, 11) is 3.65. The number of nitrogens with zero attached hydrogens (tertiary/aromatic N) is 2. The minimum Gasteiger partial charge on any atom is -0.383 e. The molecule has 0 atom stereocenters. The summed E-state index contributed by atoms with van der Waals surface area (Å²) in [4.78, 5) is 25.0. The lowest BCUT2D eigenvalue weighted by Crippen LogP contribution is -2.03. The molecule has 2 aromatic carbocycles. The van der Waals surface area contributed by atoms with Gasteiger partial charge in [-0.3, -0.25) is 14.9 Å². The molecular formula is C17H15BrN2O3. The van der Waals surface area contributed by atoms with E-state index >= 15 is 0 Å². The van der Waals surface area contributed by atoms with Crippen molar-refractivity contribution in [1.82, 2.24) is 4.90 Å². The molecule has 0 bridgehead atoms. The molecule has 0 saturated heterocycles. The quantitative estimate of drug-likeness (QED) is 0.448. The standard InChI is InChI=1S/C17H15BrN2O3/c1-19(2)10-9-12-3-4-14(11-16(12)20(22)23)17(21)13-5-7-15(18)8-6-13/h3-11H,1-2H3/b10-9+. The number of rotatable bonds is 5. The lowest BCUT2D eigenvalue weighted by atomic mass is 10.0. The molecule has 0 saturated carbocycles. The van der Waals surface area contributed by atoms with Crippen molar-refractivity contribution in [2.75, 3.05) is 14.1 Å². The average molecular weight is 375 g/mol. The highest BCUT2D eigenvalue weighted by Gasteiger charge is 2.17. The van der Waals surface area contributed by atoms with Gasteiger partial charge in [0.05, 0.1) is 10.5 Å². The van der Waals surface area contributed by atoms with Crippen LogP contribution >= 0.6 is 15.9 Å². The summed E-state index contributed by atoms with van der Waals surface area (Å²) >= 11 is 3.31. The first-order valence-corrected chi connectivity index (χ1v) is 7.61. The van der Waals surface area contributed by atoms with E-state index in [1.807, 2.05) is 14.1 Å². The molecule has 118 valence electrons. The fourth-order valence-corrected chi connectivity index (χ4v) is 2.25. The predicted octanol–water partition coefficient (Wildman–Crippen LogP) is 4.12. The molecule has 5 nitrogen and oxygen atoms in total. The van der Waals surface area contributed by atoms with Crippen LogP contribution in [0.15, 0.2) is 53.1 Å². The van der Waals surface area contributed by atoms with Crippen LogP contribution in [-0.2, 0) is 0 Å². The van der Waals surface area contributed by atoms with Gasteiger partial charge in [-0.1, -0.05) is 15.9 Å². The fraction of sp³-hybridized carbons (Fsp3) is 0.118. The number of carbonyl (C=O) groups excluding carboxylic acids is 1. The third-order valence-electron chi connectivity index (χ3n) is 3.15. The summed E-state index contributed by atoms with van der Waals surface area (Å²) in [6.45, 7) is 0. The number of ketones is 1. The minimum absolute atomic E-state index is 0.0916. The van der Waals surface area contributed by atoms with Crippen molar-refractivity contribution in [2.24, 2.45) is 0 Å². The van der Waals surface area contributed by atoms with Gasteiger partial charge in [0.2, 0.25) is 0 Å². The van der Waals surface area contributed by atoms with Gasteiger partial charge in [-0.05, 0) is 48.7 Å². The highest BCUT2D eigenvalue weighted by atomic mass is 79.9. The largest absolute Gasteiger partial charge is 0.383 e. The topological polar surface area (TPSA) is 63.5 Å². The molecule has 23 heavy (non-hydrogen) atoms. The van der Waals surface area contributed by atoms with Crippen molar-refractivity contribution in [3.63, 3.8) is 0 Å². The number of hydrogen-bond donors (Lipinski definition) is 0. The van der Waals surface area contributed by atoms with Crippen molar-refractivity contribution >= 4 is 33.5 Å². The molecule has 0 N–H and O–H groups in total. The summed E-state index contributed by atoms with van der Waals surface area (Å²) in [5.74, 6) is -0.247. The van der Waals surface area contributed by atoms with Crippen LogP contribution in [0.2, 0.25) is 0 Å². The zero-order valence-corrected chi connectivity index (χ0v) is 14.3. The first-order valence-electron chi connectivity index (χ1n) is 6.82. The summed E-state index contributed by atoms with van der Waals surface area (Å²) in [6, 6.07) is 11.4. The molecule has 0 aromatic heterocycles. The van der Waals surface area contributed by atoms with Gasteiger partial charge < -0.3 is 4.90 Å². The molecule has 2 rings (SSSR count). The second-order valence-corrected chi connectivity index (χ2v) is 6.06. The Morgan fingerprint density at radius 2 is 1.74 bits per heavy atom. The Labute approximate surface area is 142 Å². The molecule has 6 heteroatoms. The van der Waals surface area contributed by atoms with E-state index in [0.29, 0.717) is 16.7 Å². The Bertz CT molecular complexity index is 768. The van der Waals surface area contributed by atoms with Crippen LogP contribution in [0.4, 0.5) is 5.69 Å². The van der Waals surface area contributed by atoms with Crippen LogP contribution in [0, 0.1) is 10.1 Å². The Kier molecular flexibility index (Phi) is 5.28. The van der Waals surface area contributed by atoms with E-state index in [2.05, 4.69) is 15.9 Å². The monoisotopic (exact) mass is 374 g/mol. The number of hydrogen-bond acceptors (Lipinski definition) is 4. The second-order valence-electron chi connectivity index (χ2n) is 5.15. The Hall–Kier alpha value is -2.47. The molecule has 0 aliphatic heterocycles. The van der Waals surface area contributed by atoms with Gasteiger partial charge in [-0.15, -0.1) is 0 Å². The van der Waals surface area contributed by atoms with Crippen molar-refractivity contribution in [2.45, 2.75) is 0 Å². The van der Waals surface area contributed by atoms with Crippen LogP contribution < -0.4 is 0 Å². The van der Waals surface area contributed by atoms with E-state index in [-0.39, 0.29) is 11.5 Å². The minimum atomic E-state index is -0.478. The van der Waals surface area contributed by atoms with Crippen molar-refractivity contribution in [3.05, 3.63) is 79.9 Å². The maximum Gasteiger partial charge on any atom is 0.277 e. The van der Waals surface area contributed by atoms with Crippen LogP contribution in [-0.4, -0.2) is 29.7 Å². The van der Waals surface area contributed by atoms with E-state index in [9.17, 15) is 14.9 Å². The third kappa shape index (κ3) is 4.26. The van der Waals surface area contributed by atoms with Crippen molar-refractivity contribution < 1.29 is 9.72 Å². The summed E-state index contributed by atoms with van der Waals surface area (Å²) in [5.41, 5.74) is 1.14. The van der Waals surface area contributed by atoms with Gasteiger partial charge in [-0.25, -0.2) is 0 Å². The van der Waals surface area contributed by atoms with E-state index in [1.165, 1.54) is 6.07 Å². The maximum absolute atomic E-state index is 12.4. The summed E-state index contributed by atoms with van der Waals surface area (Å²) in [6.07, 6.45) is 3.37. The maximum atomic E-state index is 12.4. The predicted molar refractivity (Wildman–Crippen MR) is 93.4 cm³/mol. The fourth-order valence-electron chi connectivity index (χ4n) is 1.98. The van der Waals surface area contributed by atoms with Gasteiger partial charge in [-0.2, -0.15) is 0 Å². The smallest absolute Gasteiger partial charge is 0.277 e. The highest BCUT2D eigenvalue weighted by Crippen LogP contribution is 2.24. The number of halogens is 1. The molecule has 0 aliphatic rings. The van der Waals surface area contributed by atoms with E-state index in [4.69, 9.17) is 0 Å². The molecular weight excluding hydrogens is 360 g/mol. The highest BCUT2D eigenvalue weighted by molar-refractivity contribution is 9.10. The average Bonchev–Trinajstić information content (AvgIpc) is 2.52. The first-order chi connectivity index (χ1) is 10.9. The second kappa shape index (κ2) is 7.19. The molecule has 0 fully saturated rings. The van der Waals surface area contributed by atoms with Crippen LogP contribution in [0.1, 0.15) is 21.5 Å². The molecule has 0 heterocycles. The van der Waals surface area contributed by atoms with Gasteiger partial charge in [0.25, 0.3) is 5.69 Å². The number of carbonyl (C=O) groups is 1. The summed E-state index contributed by atoms with van der Waals surface area (Å²) in [5, 5.41) is 11.3. The van der Waals surface area contributed by atoms with Crippen LogP contribution in [0.3, 0.4) is 0 Å². The van der Waals surface area contributed by atoms with E-state index in [0.717, 1.165) is 4.47 Å². The molecule has 0 radical (unpaired) electrons. The van der Waals surface area contributed by atoms with Gasteiger partial charge in [0, 0.05) is 35.8 Å². The van der Waals surface area contributed by atoms with E-state index in [1.54, 1.807) is 53.6 Å². The first kappa shape index (κ1) is 16.9. The van der Waals surface area contributed by atoms with Crippen molar-refractivity contribution in [3.8, 4) is 0 Å². The molecule has 2 aromatic rings. The van der Waals surface area contributed by atoms with E-state index < -0.39 is 4.92 Å². The zero-order chi connectivity index (χ0) is 17.0. The molecule has 0 spiro atoms. The lowest BCUT2D eigenvalue weighted by molar-refractivity contribution is -0.385.